The molecule has 1 N–H and O–H groups in total. The van der Waals surface area contributed by atoms with E-state index in [1.54, 1.807) is 7.11 Å². The summed E-state index contributed by atoms with van der Waals surface area (Å²) in [5.74, 6) is 2.20. The predicted molar refractivity (Wildman–Crippen MR) is 59.2 cm³/mol. The largest absolute Gasteiger partial charge is 0.481 e. The zero-order valence-corrected chi connectivity index (χ0v) is 9.50. The van der Waals surface area contributed by atoms with E-state index in [9.17, 15) is 0 Å². The van der Waals surface area contributed by atoms with Gasteiger partial charge >= 0.3 is 0 Å². The van der Waals surface area contributed by atoms with Crippen LogP contribution in [0.3, 0.4) is 0 Å². The van der Waals surface area contributed by atoms with Crippen LogP contribution < -0.4 is 10.1 Å². The van der Waals surface area contributed by atoms with Gasteiger partial charge in [-0.25, -0.2) is 4.98 Å². The van der Waals surface area contributed by atoms with Gasteiger partial charge in [0.15, 0.2) is 0 Å². The summed E-state index contributed by atoms with van der Waals surface area (Å²) in [6, 6.07) is 1.83. The highest BCUT2D eigenvalue weighted by Crippen LogP contribution is 2.44. The van der Waals surface area contributed by atoms with Gasteiger partial charge in [0.25, 0.3) is 0 Å². The van der Waals surface area contributed by atoms with Gasteiger partial charge < -0.3 is 10.1 Å². The van der Waals surface area contributed by atoms with Crippen LogP contribution in [0.1, 0.15) is 25.6 Å². The molecule has 0 aromatic carbocycles. The summed E-state index contributed by atoms with van der Waals surface area (Å²) in [6.45, 7) is 5.13. The number of rotatable bonds is 4. The fourth-order valence-electron chi connectivity index (χ4n) is 1.43. The van der Waals surface area contributed by atoms with E-state index in [0.717, 1.165) is 18.2 Å². The third-order valence-corrected chi connectivity index (χ3v) is 2.82. The third-order valence-electron chi connectivity index (χ3n) is 2.82. The van der Waals surface area contributed by atoms with E-state index in [-0.39, 0.29) is 0 Å². The van der Waals surface area contributed by atoms with Crippen LogP contribution in [0.15, 0.2) is 6.07 Å². The first-order valence-electron chi connectivity index (χ1n) is 5.25. The molecule has 0 unspecified atom stereocenters. The molecule has 1 fully saturated rings. The van der Waals surface area contributed by atoms with Crippen LogP contribution in [0.5, 0.6) is 5.88 Å². The lowest BCUT2D eigenvalue weighted by Gasteiger charge is -2.11. The van der Waals surface area contributed by atoms with Gasteiger partial charge in [0.1, 0.15) is 11.6 Å². The number of aromatic nitrogens is 2. The van der Waals surface area contributed by atoms with Gasteiger partial charge in [-0.3, -0.25) is 0 Å². The highest BCUT2D eigenvalue weighted by atomic mass is 16.5. The Balaban J connectivity index is 2.03. The molecular weight excluding hydrogens is 190 g/mol. The first kappa shape index (κ1) is 10.2. The van der Waals surface area contributed by atoms with Gasteiger partial charge in [-0.2, -0.15) is 4.98 Å². The average Bonchev–Trinajstić information content (AvgIpc) is 2.94. The van der Waals surface area contributed by atoms with Crippen LogP contribution in [0.2, 0.25) is 0 Å². The molecule has 0 aliphatic heterocycles. The zero-order valence-electron chi connectivity index (χ0n) is 9.50. The minimum atomic E-state index is 0.478. The zero-order chi connectivity index (χ0) is 10.9. The summed E-state index contributed by atoms with van der Waals surface area (Å²) >= 11 is 0. The van der Waals surface area contributed by atoms with Crippen molar-refractivity contribution < 1.29 is 4.74 Å². The van der Waals surface area contributed by atoms with E-state index >= 15 is 0 Å². The van der Waals surface area contributed by atoms with Crippen molar-refractivity contribution >= 4 is 5.82 Å². The number of nitrogens with one attached hydrogen (secondary N) is 1. The van der Waals surface area contributed by atoms with Crippen LogP contribution >= 0.6 is 0 Å². The number of nitrogens with zero attached hydrogens (tertiary/aromatic N) is 2. The van der Waals surface area contributed by atoms with E-state index in [1.165, 1.54) is 12.8 Å². The Kier molecular flexibility index (Phi) is 2.50. The number of ether oxygens (including phenoxy) is 1. The van der Waals surface area contributed by atoms with Crippen molar-refractivity contribution in [2.24, 2.45) is 5.41 Å². The molecule has 0 atom stereocenters. The maximum atomic E-state index is 5.09. The lowest BCUT2D eigenvalue weighted by molar-refractivity contribution is 0.396. The maximum Gasteiger partial charge on any atom is 0.218 e. The quantitative estimate of drug-likeness (QED) is 0.820. The number of anilines is 1. The Hall–Kier alpha value is -1.32. The van der Waals surface area contributed by atoms with E-state index in [0.29, 0.717) is 11.3 Å². The molecular formula is C11H17N3O. The van der Waals surface area contributed by atoms with E-state index in [1.807, 2.05) is 13.0 Å². The third kappa shape index (κ3) is 2.58. The van der Waals surface area contributed by atoms with Gasteiger partial charge in [-0.05, 0) is 25.2 Å². The van der Waals surface area contributed by atoms with Gasteiger partial charge in [-0.1, -0.05) is 6.92 Å². The topological polar surface area (TPSA) is 47.0 Å². The lowest BCUT2D eigenvalue weighted by atomic mass is 10.1. The molecule has 15 heavy (non-hydrogen) atoms. The fraction of sp³-hybridized carbons (Fsp3) is 0.636. The van der Waals surface area contributed by atoms with Crippen molar-refractivity contribution in [2.75, 3.05) is 19.0 Å². The Bertz CT molecular complexity index is 361. The molecule has 0 radical (unpaired) electrons. The van der Waals surface area contributed by atoms with Gasteiger partial charge in [0.05, 0.1) is 7.11 Å². The Morgan fingerprint density at radius 3 is 2.80 bits per heavy atom. The summed E-state index contributed by atoms with van der Waals surface area (Å²) in [7, 11) is 1.62. The van der Waals surface area contributed by atoms with E-state index in [4.69, 9.17) is 4.74 Å². The first-order chi connectivity index (χ1) is 7.11. The number of aryl methyl sites for hydroxylation is 1. The Labute approximate surface area is 90.1 Å². The molecule has 1 heterocycles. The van der Waals surface area contributed by atoms with Gasteiger partial charge in [0, 0.05) is 12.6 Å². The summed E-state index contributed by atoms with van der Waals surface area (Å²) in [4.78, 5) is 8.45. The van der Waals surface area contributed by atoms with Crippen molar-refractivity contribution in [3.05, 3.63) is 11.9 Å². The van der Waals surface area contributed by atoms with Crippen LogP contribution in [0, 0.1) is 12.3 Å². The summed E-state index contributed by atoms with van der Waals surface area (Å²) in [5, 5.41) is 3.33. The SMILES string of the molecule is COc1cc(NCC2(C)CC2)nc(C)n1. The minimum Gasteiger partial charge on any atom is -0.481 e. The van der Waals surface area contributed by atoms with Gasteiger partial charge in [-0.15, -0.1) is 0 Å². The molecule has 1 saturated carbocycles. The second-order valence-electron chi connectivity index (χ2n) is 4.51. The molecule has 1 aliphatic carbocycles. The summed E-state index contributed by atoms with van der Waals surface area (Å²) in [5.41, 5.74) is 0.478. The number of hydrogen-bond acceptors (Lipinski definition) is 4. The molecule has 82 valence electrons. The van der Waals surface area contributed by atoms with Crippen molar-refractivity contribution in [3.63, 3.8) is 0 Å². The second kappa shape index (κ2) is 3.68. The molecule has 1 aliphatic rings. The normalized spacial score (nSPS) is 17.3. The maximum absolute atomic E-state index is 5.09. The lowest BCUT2D eigenvalue weighted by Crippen LogP contribution is -2.13. The standard InChI is InChI=1S/C11H17N3O/c1-8-13-9(6-10(14-8)15-3)12-7-11(2)4-5-11/h6H,4-5,7H2,1-3H3,(H,12,13,14). The molecule has 0 saturated heterocycles. The second-order valence-corrected chi connectivity index (χ2v) is 4.51. The molecule has 0 amide bonds. The molecule has 2 rings (SSSR count). The van der Waals surface area contributed by atoms with E-state index in [2.05, 4.69) is 22.2 Å². The van der Waals surface area contributed by atoms with Crippen molar-refractivity contribution in [3.8, 4) is 5.88 Å². The predicted octanol–water partition coefficient (Wildman–Crippen LogP) is 2.01. The van der Waals surface area contributed by atoms with Gasteiger partial charge in [0.2, 0.25) is 5.88 Å². The number of methoxy groups -OCH3 is 1. The first-order valence-corrected chi connectivity index (χ1v) is 5.25. The highest BCUT2D eigenvalue weighted by Gasteiger charge is 2.36. The molecule has 0 spiro atoms. The molecule has 1 aromatic heterocycles. The van der Waals surface area contributed by atoms with Crippen LogP contribution in [-0.4, -0.2) is 23.6 Å². The molecule has 0 bridgehead atoms. The van der Waals surface area contributed by atoms with Crippen LogP contribution in [-0.2, 0) is 0 Å². The fourth-order valence-corrected chi connectivity index (χ4v) is 1.43. The van der Waals surface area contributed by atoms with E-state index < -0.39 is 0 Å². The minimum absolute atomic E-state index is 0.478. The Morgan fingerprint density at radius 2 is 2.20 bits per heavy atom. The van der Waals surface area contributed by atoms with Crippen LogP contribution in [0.4, 0.5) is 5.82 Å². The summed E-state index contributed by atoms with van der Waals surface area (Å²) < 4.78 is 5.09. The van der Waals surface area contributed by atoms with Crippen LogP contribution in [0.25, 0.3) is 0 Å². The molecule has 1 aromatic rings. The smallest absolute Gasteiger partial charge is 0.218 e. The molecule has 4 heteroatoms. The van der Waals surface area contributed by atoms with Crippen molar-refractivity contribution in [2.45, 2.75) is 26.7 Å². The van der Waals surface area contributed by atoms with Crippen molar-refractivity contribution in [1.29, 1.82) is 0 Å². The number of hydrogen-bond donors (Lipinski definition) is 1. The molecule has 4 nitrogen and oxygen atoms in total. The monoisotopic (exact) mass is 207 g/mol. The van der Waals surface area contributed by atoms with Crippen molar-refractivity contribution in [1.82, 2.24) is 9.97 Å². The Morgan fingerprint density at radius 1 is 1.47 bits per heavy atom. The summed E-state index contributed by atoms with van der Waals surface area (Å²) in [6.07, 6.45) is 2.61. The highest BCUT2D eigenvalue weighted by molar-refractivity contribution is 5.38. The average molecular weight is 207 g/mol.